The predicted octanol–water partition coefficient (Wildman–Crippen LogP) is 4.16. The van der Waals surface area contributed by atoms with Crippen molar-refractivity contribution < 1.29 is 24.2 Å². The number of azo groups is 1. The third-order valence-corrected chi connectivity index (χ3v) is 4.47. The highest BCUT2D eigenvalue weighted by molar-refractivity contribution is 5.96. The van der Waals surface area contributed by atoms with Gasteiger partial charge in [-0.2, -0.15) is 0 Å². The number of hydrogen-bond acceptors (Lipinski definition) is 6. The Balaban J connectivity index is 1.75. The van der Waals surface area contributed by atoms with Gasteiger partial charge in [-0.1, -0.05) is 37.3 Å². The number of amides is 1. The molecular formula is C22H23N3O5. The van der Waals surface area contributed by atoms with Gasteiger partial charge in [0.05, 0.1) is 12.1 Å². The van der Waals surface area contributed by atoms with E-state index in [4.69, 9.17) is 9.47 Å². The molecule has 1 aromatic heterocycles. The van der Waals surface area contributed by atoms with E-state index >= 15 is 0 Å². The van der Waals surface area contributed by atoms with Crippen LogP contribution in [-0.4, -0.2) is 34.8 Å². The van der Waals surface area contributed by atoms with Crippen LogP contribution in [0.5, 0.6) is 11.6 Å². The molecule has 156 valence electrons. The lowest BCUT2D eigenvalue weighted by atomic mass is 10.2. The van der Waals surface area contributed by atoms with Gasteiger partial charge in [0.15, 0.2) is 12.3 Å². The van der Waals surface area contributed by atoms with Gasteiger partial charge >= 0.3 is 11.9 Å². The van der Waals surface area contributed by atoms with Gasteiger partial charge in [-0.15, -0.1) is 10.2 Å². The van der Waals surface area contributed by atoms with Gasteiger partial charge in [0.1, 0.15) is 12.3 Å². The molecule has 1 heterocycles. The summed E-state index contributed by atoms with van der Waals surface area (Å²) in [4.78, 5) is 23.9. The Kier molecular flexibility index (Phi) is 6.79. The normalized spacial score (nSPS) is 11.1. The fraction of sp³-hybridized carbons (Fsp3) is 0.273. The summed E-state index contributed by atoms with van der Waals surface area (Å²) in [5.41, 5.74) is 1.86. The maximum absolute atomic E-state index is 12.1. The highest BCUT2D eigenvalue weighted by Gasteiger charge is 2.19. The van der Waals surface area contributed by atoms with E-state index in [-0.39, 0.29) is 31.3 Å². The lowest BCUT2D eigenvalue weighted by Crippen LogP contribution is -2.12. The first-order valence-electron chi connectivity index (χ1n) is 9.65. The fourth-order valence-corrected chi connectivity index (χ4v) is 2.97. The molecule has 1 N–H and O–H groups in total. The molecule has 0 radical (unpaired) electrons. The largest absolute Gasteiger partial charge is 0.493 e. The van der Waals surface area contributed by atoms with Crippen molar-refractivity contribution in [2.45, 2.75) is 26.8 Å². The topological polar surface area (TPSA) is 102 Å². The molecule has 0 aliphatic rings. The molecule has 0 unspecified atom stereocenters. The van der Waals surface area contributed by atoms with Gasteiger partial charge in [0.2, 0.25) is 5.88 Å². The van der Waals surface area contributed by atoms with Gasteiger partial charge in [0.25, 0.3) is 0 Å². The van der Waals surface area contributed by atoms with Crippen molar-refractivity contribution in [1.29, 1.82) is 0 Å². The van der Waals surface area contributed by atoms with E-state index in [0.717, 1.165) is 6.42 Å². The lowest BCUT2D eigenvalue weighted by Gasteiger charge is -2.06. The Morgan fingerprint density at radius 1 is 1.07 bits per heavy atom. The third kappa shape index (κ3) is 4.83. The van der Waals surface area contributed by atoms with Gasteiger partial charge < -0.3 is 14.6 Å². The van der Waals surface area contributed by atoms with E-state index in [0.29, 0.717) is 16.7 Å². The number of para-hydroxylation sites is 1. The van der Waals surface area contributed by atoms with Crippen molar-refractivity contribution in [1.82, 2.24) is 4.57 Å². The van der Waals surface area contributed by atoms with Gasteiger partial charge in [-0.05, 0) is 37.1 Å². The molecule has 0 bridgehead atoms. The minimum Gasteiger partial charge on any atom is -0.493 e. The molecular weight excluding hydrogens is 386 g/mol. The summed E-state index contributed by atoms with van der Waals surface area (Å²) in [5.74, 6) is -0.798. The summed E-state index contributed by atoms with van der Waals surface area (Å²) in [6.07, 6.45) is 0.917. The number of aromatic nitrogens is 1. The molecule has 0 fully saturated rings. The zero-order valence-corrected chi connectivity index (χ0v) is 16.9. The molecule has 2 aromatic carbocycles. The Bertz CT molecular complexity index is 1070. The van der Waals surface area contributed by atoms with Crippen LogP contribution in [-0.2, 0) is 27.3 Å². The Morgan fingerprint density at radius 3 is 2.50 bits per heavy atom. The first kappa shape index (κ1) is 21.0. The number of carbonyl (C=O) groups excluding carboxylic acids is 2. The van der Waals surface area contributed by atoms with E-state index in [9.17, 15) is 14.7 Å². The first-order valence-corrected chi connectivity index (χ1v) is 9.65. The second kappa shape index (κ2) is 9.69. The molecule has 8 heteroatoms. The van der Waals surface area contributed by atoms with E-state index in [1.807, 2.05) is 12.1 Å². The smallest absolute Gasteiger partial charge is 0.326 e. The summed E-state index contributed by atoms with van der Waals surface area (Å²) >= 11 is 0. The van der Waals surface area contributed by atoms with Crippen LogP contribution in [0.1, 0.15) is 19.4 Å². The molecule has 3 rings (SSSR count). The van der Waals surface area contributed by atoms with E-state index in [2.05, 4.69) is 17.2 Å². The Hall–Kier alpha value is -3.68. The zero-order valence-electron chi connectivity index (χ0n) is 16.9. The monoisotopic (exact) mass is 409 g/mol. The van der Waals surface area contributed by atoms with Crippen LogP contribution in [0, 0.1) is 0 Å². The second-order valence-corrected chi connectivity index (χ2v) is 6.46. The van der Waals surface area contributed by atoms with Crippen LogP contribution >= 0.6 is 0 Å². The van der Waals surface area contributed by atoms with Crippen molar-refractivity contribution in [3.05, 3.63) is 54.1 Å². The number of rotatable bonds is 8. The maximum Gasteiger partial charge on any atom is 0.326 e. The summed E-state index contributed by atoms with van der Waals surface area (Å²) in [7, 11) is 0. The van der Waals surface area contributed by atoms with E-state index < -0.39 is 11.9 Å². The standard InChI is InChI=1S/C22H23N3O5/c1-3-15-9-11-16(12-10-15)30-14-19(26)23-24-21-17-7-5-6-8-18(17)25(22(21)28)13-20(27)29-4-2/h5-12,28H,3-4,13-14H2,1-2H3. The molecule has 0 aliphatic heterocycles. The quantitative estimate of drug-likeness (QED) is 0.444. The average molecular weight is 409 g/mol. The molecule has 0 saturated heterocycles. The van der Waals surface area contributed by atoms with Crippen LogP contribution in [0.2, 0.25) is 0 Å². The number of aromatic hydroxyl groups is 1. The minimum absolute atomic E-state index is 0.107. The number of ether oxygens (including phenoxy) is 2. The van der Waals surface area contributed by atoms with E-state index in [1.54, 1.807) is 43.3 Å². The third-order valence-electron chi connectivity index (χ3n) is 4.47. The minimum atomic E-state index is -0.601. The summed E-state index contributed by atoms with van der Waals surface area (Å²) in [5, 5.41) is 18.7. The van der Waals surface area contributed by atoms with Crippen LogP contribution < -0.4 is 4.74 Å². The summed E-state index contributed by atoms with van der Waals surface area (Å²) in [6, 6.07) is 14.4. The fourth-order valence-electron chi connectivity index (χ4n) is 2.97. The van der Waals surface area contributed by atoms with Crippen molar-refractivity contribution in [3.8, 4) is 11.6 Å². The van der Waals surface area contributed by atoms with Gasteiger partial charge in [0, 0.05) is 5.39 Å². The van der Waals surface area contributed by atoms with Crippen LogP contribution in [0.25, 0.3) is 10.9 Å². The highest BCUT2D eigenvalue weighted by Crippen LogP contribution is 2.38. The molecule has 1 amide bonds. The number of benzene rings is 2. The molecule has 3 aromatic rings. The van der Waals surface area contributed by atoms with E-state index in [1.165, 1.54) is 10.1 Å². The van der Waals surface area contributed by atoms with Crippen molar-refractivity contribution in [2.24, 2.45) is 10.2 Å². The zero-order chi connectivity index (χ0) is 21.5. The highest BCUT2D eigenvalue weighted by atomic mass is 16.5. The number of fused-ring (bicyclic) bond motifs is 1. The van der Waals surface area contributed by atoms with Crippen molar-refractivity contribution in [2.75, 3.05) is 13.2 Å². The summed E-state index contributed by atoms with van der Waals surface area (Å²) in [6.45, 7) is 3.54. The number of nitrogens with zero attached hydrogens (tertiary/aromatic N) is 3. The summed E-state index contributed by atoms with van der Waals surface area (Å²) < 4.78 is 11.7. The molecule has 0 atom stereocenters. The predicted molar refractivity (Wildman–Crippen MR) is 111 cm³/mol. The van der Waals surface area contributed by atoms with Crippen molar-refractivity contribution >= 4 is 28.5 Å². The van der Waals surface area contributed by atoms with Gasteiger partial charge in [-0.3, -0.25) is 14.2 Å². The van der Waals surface area contributed by atoms with Crippen LogP contribution in [0.4, 0.5) is 5.69 Å². The maximum atomic E-state index is 12.1. The van der Waals surface area contributed by atoms with Gasteiger partial charge in [-0.25, -0.2) is 0 Å². The molecule has 0 spiro atoms. The Morgan fingerprint density at radius 2 is 1.80 bits per heavy atom. The molecule has 8 nitrogen and oxygen atoms in total. The molecule has 30 heavy (non-hydrogen) atoms. The number of hydrogen-bond donors (Lipinski definition) is 1. The molecule has 0 saturated carbocycles. The van der Waals surface area contributed by atoms with Crippen LogP contribution in [0.15, 0.2) is 58.8 Å². The molecule has 0 aliphatic carbocycles. The number of aryl methyl sites for hydroxylation is 1. The average Bonchev–Trinajstić information content (AvgIpc) is 3.02. The second-order valence-electron chi connectivity index (χ2n) is 6.46. The number of carbonyl (C=O) groups is 2. The lowest BCUT2D eigenvalue weighted by molar-refractivity contribution is -0.143. The first-order chi connectivity index (χ1) is 14.5. The van der Waals surface area contributed by atoms with Crippen molar-refractivity contribution in [3.63, 3.8) is 0 Å². The van der Waals surface area contributed by atoms with Crippen LogP contribution in [0.3, 0.4) is 0 Å². The number of esters is 1. The Labute approximate surface area is 173 Å². The SMILES string of the molecule is CCOC(=O)Cn1c(O)c(N=NC(=O)COc2ccc(CC)cc2)c2ccccc21.